The average Bonchev–Trinajstić information content (AvgIpc) is 2.49. The standard InChI is InChI=1S/C14H16Cl3NO3/c1-2-9-7-18(3-4-20-9)14(19)8-21-13-6-11(16)10(15)5-12(13)17/h5-6,9H,2-4,7-8H2,1H3. The number of amides is 1. The van der Waals surface area contributed by atoms with Crippen LogP contribution in [0.3, 0.4) is 0 Å². The highest BCUT2D eigenvalue weighted by atomic mass is 35.5. The van der Waals surface area contributed by atoms with Gasteiger partial charge in [-0.25, -0.2) is 0 Å². The van der Waals surface area contributed by atoms with Crippen molar-refractivity contribution >= 4 is 40.7 Å². The van der Waals surface area contributed by atoms with Crippen LogP contribution < -0.4 is 4.74 Å². The number of carbonyl (C=O) groups is 1. The molecule has 1 atom stereocenters. The first kappa shape index (κ1) is 16.7. The minimum atomic E-state index is -0.0983. The SMILES string of the molecule is CCC1CN(C(=O)COc2cc(Cl)c(Cl)cc2Cl)CCO1. The van der Waals surface area contributed by atoms with Crippen molar-refractivity contribution in [3.8, 4) is 5.75 Å². The van der Waals surface area contributed by atoms with Crippen molar-refractivity contribution in [3.63, 3.8) is 0 Å². The van der Waals surface area contributed by atoms with Gasteiger partial charge in [-0.15, -0.1) is 0 Å². The summed E-state index contributed by atoms with van der Waals surface area (Å²) in [5, 5.41) is 1.01. The third kappa shape index (κ3) is 4.39. The third-order valence-corrected chi connectivity index (χ3v) is 4.29. The Kier molecular flexibility index (Phi) is 5.99. The second-order valence-electron chi connectivity index (χ2n) is 4.73. The second-order valence-corrected chi connectivity index (χ2v) is 5.95. The van der Waals surface area contributed by atoms with Gasteiger partial charge in [0, 0.05) is 19.2 Å². The number of nitrogens with zero attached hydrogens (tertiary/aromatic N) is 1. The molecule has 116 valence electrons. The van der Waals surface area contributed by atoms with Gasteiger partial charge >= 0.3 is 0 Å². The zero-order valence-corrected chi connectivity index (χ0v) is 13.8. The van der Waals surface area contributed by atoms with Gasteiger partial charge in [0.05, 0.1) is 27.8 Å². The van der Waals surface area contributed by atoms with Crippen molar-refractivity contribution in [1.29, 1.82) is 0 Å². The molecule has 1 heterocycles. The van der Waals surface area contributed by atoms with Gasteiger partial charge in [-0.2, -0.15) is 0 Å². The van der Waals surface area contributed by atoms with E-state index in [9.17, 15) is 4.79 Å². The molecule has 1 aromatic carbocycles. The van der Waals surface area contributed by atoms with Crippen LogP contribution in [0.5, 0.6) is 5.75 Å². The van der Waals surface area contributed by atoms with Crippen molar-refractivity contribution in [2.24, 2.45) is 0 Å². The van der Waals surface area contributed by atoms with Gasteiger partial charge in [0.15, 0.2) is 6.61 Å². The molecule has 21 heavy (non-hydrogen) atoms. The predicted molar refractivity (Wildman–Crippen MR) is 83.6 cm³/mol. The second kappa shape index (κ2) is 7.54. The van der Waals surface area contributed by atoms with Crippen molar-refractivity contribution in [2.75, 3.05) is 26.3 Å². The van der Waals surface area contributed by atoms with E-state index < -0.39 is 0 Å². The van der Waals surface area contributed by atoms with Crippen LogP contribution in [0.15, 0.2) is 12.1 Å². The first-order chi connectivity index (χ1) is 10.0. The van der Waals surface area contributed by atoms with E-state index in [1.54, 1.807) is 4.90 Å². The molecule has 1 unspecified atom stereocenters. The third-order valence-electron chi connectivity index (χ3n) is 3.27. The molecule has 0 aromatic heterocycles. The molecule has 0 bridgehead atoms. The normalized spacial score (nSPS) is 18.7. The van der Waals surface area contributed by atoms with Gasteiger partial charge in [0.1, 0.15) is 5.75 Å². The molecular formula is C14H16Cl3NO3. The lowest BCUT2D eigenvalue weighted by atomic mass is 10.2. The van der Waals surface area contributed by atoms with E-state index in [1.165, 1.54) is 12.1 Å². The van der Waals surface area contributed by atoms with Crippen LogP contribution in [0.25, 0.3) is 0 Å². The largest absolute Gasteiger partial charge is 0.482 e. The molecule has 0 saturated carbocycles. The quantitative estimate of drug-likeness (QED) is 0.776. The van der Waals surface area contributed by atoms with Gasteiger partial charge in [-0.3, -0.25) is 4.79 Å². The van der Waals surface area contributed by atoms with Crippen molar-refractivity contribution in [2.45, 2.75) is 19.4 Å². The molecule has 7 heteroatoms. The molecule has 0 aliphatic carbocycles. The number of halogens is 3. The van der Waals surface area contributed by atoms with E-state index >= 15 is 0 Å². The first-order valence-electron chi connectivity index (χ1n) is 6.68. The highest BCUT2D eigenvalue weighted by molar-refractivity contribution is 6.43. The van der Waals surface area contributed by atoms with Crippen LogP contribution >= 0.6 is 34.8 Å². The van der Waals surface area contributed by atoms with E-state index in [-0.39, 0.29) is 18.6 Å². The first-order valence-corrected chi connectivity index (χ1v) is 7.81. The Balaban J connectivity index is 1.93. The highest BCUT2D eigenvalue weighted by Crippen LogP contribution is 2.33. The summed E-state index contributed by atoms with van der Waals surface area (Å²) in [5.74, 6) is 0.249. The van der Waals surface area contributed by atoms with Gasteiger partial charge in [-0.05, 0) is 12.5 Å². The van der Waals surface area contributed by atoms with Crippen LogP contribution in [-0.2, 0) is 9.53 Å². The average molecular weight is 353 g/mol. The zero-order chi connectivity index (χ0) is 15.4. The molecule has 1 saturated heterocycles. The number of rotatable bonds is 4. The highest BCUT2D eigenvalue weighted by Gasteiger charge is 2.23. The Morgan fingerprint density at radius 1 is 1.33 bits per heavy atom. The molecule has 1 fully saturated rings. The Bertz CT molecular complexity index is 524. The Morgan fingerprint density at radius 2 is 2.05 bits per heavy atom. The molecule has 2 rings (SSSR count). The summed E-state index contributed by atoms with van der Waals surface area (Å²) in [5.41, 5.74) is 0. The molecule has 0 N–H and O–H groups in total. The van der Waals surface area contributed by atoms with Crippen LogP contribution in [0.4, 0.5) is 0 Å². The topological polar surface area (TPSA) is 38.8 Å². The summed E-state index contributed by atoms with van der Waals surface area (Å²) < 4.78 is 11.0. The summed E-state index contributed by atoms with van der Waals surface area (Å²) in [6, 6.07) is 3.00. The minimum absolute atomic E-state index is 0.0892. The maximum Gasteiger partial charge on any atom is 0.260 e. The molecule has 0 spiro atoms. The summed E-state index contributed by atoms with van der Waals surface area (Å²) in [4.78, 5) is 13.9. The van der Waals surface area contributed by atoms with Crippen LogP contribution in [0.2, 0.25) is 15.1 Å². The fraction of sp³-hybridized carbons (Fsp3) is 0.500. The lowest BCUT2D eigenvalue weighted by Gasteiger charge is -2.32. The lowest BCUT2D eigenvalue weighted by Crippen LogP contribution is -2.47. The molecule has 1 amide bonds. The van der Waals surface area contributed by atoms with Gasteiger partial charge in [-0.1, -0.05) is 41.7 Å². The van der Waals surface area contributed by atoms with E-state index in [0.29, 0.717) is 40.5 Å². The van der Waals surface area contributed by atoms with Gasteiger partial charge in [0.25, 0.3) is 5.91 Å². The molecule has 1 aliphatic rings. The minimum Gasteiger partial charge on any atom is -0.482 e. The van der Waals surface area contributed by atoms with Crippen molar-refractivity contribution in [3.05, 3.63) is 27.2 Å². The van der Waals surface area contributed by atoms with Crippen molar-refractivity contribution < 1.29 is 14.3 Å². The maximum atomic E-state index is 12.1. The predicted octanol–water partition coefficient (Wildman–Crippen LogP) is 3.66. The monoisotopic (exact) mass is 351 g/mol. The van der Waals surface area contributed by atoms with Crippen molar-refractivity contribution in [1.82, 2.24) is 4.90 Å². The summed E-state index contributed by atoms with van der Waals surface area (Å²) in [6.07, 6.45) is 0.972. The van der Waals surface area contributed by atoms with Crippen LogP contribution in [-0.4, -0.2) is 43.2 Å². The Hall–Kier alpha value is -0.680. The van der Waals surface area contributed by atoms with Gasteiger partial charge in [0.2, 0.25) is 0 Å². The Labute approximate surface area is 138 Å². The fourth-order valence-corrected chi connectivity index (χ4v) is 2.63. The molecule has 1 aromatic rings. The number of hydrogen-bond acceptors (Lipinski definition) is 3. The lowest BCUT2D eigenvalue weighted by molar-refractivity contribution is -0.140. The van der Waals surface area contributed by atoms with E-state index in [4.69, 9.17) is 44.3 Å². The summed E-state index contributed by atoms with van der Waals surface area (Å²) >= 11 is 17.7. The van der Waals surface area contributed by atoms with E-state index in [1.807, 2.05) is 6.92 Å². The molecular weight excluding hydrogens is 337 g/mol. The van der Waals surface area contributed by atoms with Crippen LogP contribution in [0, 0.1) is 0 Å². The van der Waals surface area contributed by atoms with Gasteiger partial charge < -0.3 is 14.4 Å². The fourth-order valence-electron chi connectivity index (χ4n) is 2.04. The van der Waals surface area contributed by atoms with E-state index in [0.717, 1.165) is 6.42 Å². The molecule has 1 aliphatic heterocycles. The number of benzene rings is 1. The molecule has 4 nitrogen and oxygen atoms in total. The number of carbonyl (C=O) groups excluding carboxylic acids is 1. The number of morpholine rings is 1. The van der Waals surface area contributed by atoms with E-state index in [2.05, 4.69) is 0 Å². The summed E-state index contributed by atoms with van der Waals surface area (Å²) in [7, 11) is 0. The number of ether oxygens (including phenoxy) is 2. The molecule has 0 radical (unpaired) electrons. The number of hydrogen-bond donors (Lipinski definition) is 0. The van der Waals surface area contributed by atoms with Crippen LogP contribution in [0.1, 0.15) is 13.3 Å². The zero-order valence-electron chi connectivity index (χ0n) is 11.6. The Morgan fingerprint density at radius 3 is 2.76 bits per heavy atom. The maximum absolute atomic E-state index is 12.1. The summed E-state index contributed by atoms with van der Waals surface area (Å²) in [6.45, 7) is 3.66. The smallest absolute Gasteiger partial charge is 0.260 e.